The Bertz CT molecular complexity index is 1970. The molecule has 0 aliphatic carbocycles. The lowest BCUT2D eigenvalue weighted by Gasteiger charge is -2.33. The molecule has 0 saturated carbocycles. The number of benzene rings is 2. The summed E-state index contributed by atoms with van der Waals surface area (Å²) in [5.74, 6) is -0.000310. The van der Waals surface area contributed by atoms with E-state index in [4.69, 9.17) is 9.72 Å². The number of amides is 3. The van der Waals surface area contributed by atoms with E-state index in [-0.39, 0.29) is 23.8 Å². The molecular formula is C41H50F2N8O4. The molecule has 0 radical (unpaired) electrons. The Hall–Kier alpha value is -4.95. The molecule has 4 aromatic rings. The highest BCUT2D eigenvalue weighted by Gasteiger charge is 2.31. The summed E-state index contributed by atoms with van der Waals surface area (Å²) in [5.41, 5.74) is 2.42. The van der Waals surface area contributed by atoms with E-state index in [0.29, 0.717) is 66.6 Å². The minimum atomic E-state index is -0.622. The largest absolute Gasteiger partial charge is 0.481 e. The summed E-state index contributed by atoms with van der Waals surface area (Å²) in [5, 5.41) is 9.67. The quantitative estimate of drug-likeness (QED) is 0.124. The average Bonchev–Trinajstić information content (AvgIpc) is 3.86. The number of carbonyl (C=O) groups is 3. The number of nitrogens with one attached hydrogen (secondary N) is 2. The average molecular weight is 757 g/mol. The molecule has 292 valence electrons. The summed E-state index contributed by atoms with van der Waals surface area (Å²) in [4.78, 5) is 48.2. The van der Waals surface area contributed by atoms with Gasteiger partial charge in [0.05, 0.1) is 12.2 Å². The van der Waals surface area contributed by atoms with Crippen LogP contribution in [0.5, 0.6) is 5.75 Å². The summed E-state index contributed by atoms with van der Waals surface area (Å²) in [6.07, 6.45) is 9.96. The number of hydrogen-bond acceptors (Lipinski definition) is 9. The molecular weight excluding hydrogens is 706 g/mol. The number of rotatable bonds is 15. The predicted octanol–water partition coefficient (Wildman–Crippen LogP) is 5.24. The molecule has 2 N–H and O–H groups in total. The molecule has 3 aliphatic rings. The molecule has 0 spiro atoms. The number of fused-ring (bicyclic) bond motifs is 1. The lowest BCUT2D eigenvalue weighted by Crippen LogP contribution is -2.46. The van der Waals surface area contributed by atoms with Crippen molar-refractivity contribution >= 4 is 29.2 Å². The lowest BCUT2D eigenvalue weighted by molar-refractivity contribution is -0.138. The number of ether oxygens (including phenoxy) is 1. The number of likely N-dealkylation sites (N-methyl/N-ethyl adjacent to an activating group) is 1. The number of unbranched alkanes of at least 4 members (excludes halogenated alkanes) is 2. The first-order chi connectivity index (χ1) is 26.7. The van der Waals surface area contributed by atoms with E-state index in [1.807, 2.05) is 17.0 Å². The Morgan fingerprint density at radius 2 is 1.80 bits per heavy atom. The fourth-order valence-electron chi connectivity index (χ4n) is 7.98. The maximum Gasteiger partial charge on any atom is 0.267 e. The zero-order chi connectivity index (χ0) is 38.3. The Kier molecular flexibility index (Phi) is 12.3. The minimum absolute atomic E-state index is 0.231. The molecule has 12 nitrogen and oxygen atoms in total. The number of anilines is 1. The number of hydrogen-bond donors (Lipinski definition) is 2. The Balaban J connectivity index is 0.784. The highest BCUT2D eigenvalue weighted by atomic mass is 19.1. The minimum Gasteiger partial charge on any atom is -0.481 e. The summed E-state index contributed by atoms with van der Waals surface area (Å²) in [7, 11) is 2.17. The third kappa shape index (κ3) is 9.48. The van der Waals surface area contributed by atoms with Crippen molar-refractivity contribution in [2.45, 2.75) is 75.9 Å². The van der Waals surface area contributed by atoms with Crippen LogP contribution in [0.1, 0.15) is 91.2 Å². The van der Waals surface area contributed by atoms with Crippen molar-refractivity contribution in [1.29, 1.82) is 0 Å². The summed E-state index contributed by atoms with van der Waals surface area (Å²) >= 11 is 0. The van der Waals surface area contributed by atoms with Crippen molar-refractivity contribution in [1.82, 2.24) is 35.0 Å². The molecule has 0 bridgehead atoms. The van der Waals surface area contributed by atoms with Crippen LogP contribution in [0.2, 0.25) is 0 Å². The second-order valence-electron chi connectivity index (χ2n) is 15.0. The second kappa shape index (κ2) is 17.7. The van der Waals surface area contributed by atoms with Crippen LogP contribution >= 0.6 is 0 Å². The predicted molar refractivity (Wildman–Crippen MR) is 204 cm³/mol. The highest BCUT2D eigenvalue weighted by molar-refractivity contribution is 6.00. The van der Waals surface area contributed by atoms with Gasteiger partial charge in [0.2, 0.25) is 5.91 Å². The molecule has 3 amide bonds. The number of carbonyl (C=O) groups excluding carboxylic acids is 3. The van der Waals surface area contributed by atoms with Gasteiger partial charge >= 0.3 is 0 Å². The van der Waals surface area contributed by atoms with E-state index < -0.39 is 17.7 Å². The van der Waals surface area contributed by atoms with E-state index in [1.165, 1.54) is 17.8 Å². The van der Waals surface area contributed by atoms with Crippen molar-refractivity contribution in [3.05, 3.63) is 89.2 Å². The van der Waals surface area contributed by atoms with Crippen molar-refractivity contribution in [3.8, 4) is 5.75 Å². The molecule has 1 unspecified atom stereocenters. The number of nitrogens with zero attached hydrogens (tertiary/aromatic N) is 6. The fraction of sp³-hybridized carbons (Fsp3) is 0.488. The van der Waals surface area contributed by atoms with Gasteiger partial charge in [0, 0.05) is 50.8 Å². The Labute approximate surface area is 320 Å². The molecule has 55 heavy (non-hydrogen) atoms. The van der Waals surface area contributed by atoms with Crippen molar-refractivity contribution < 1.29 is 27.9 Å². The normalized spacial score (nSPS) is 19.7. The number of piperidine rings is 2. The molecule has 3 aliphatic heterocycles. The maximum absolute atomic E-state index is 14.6. The number of imide groups is 1. The first kappa shape index (κ1) is 38.3. The molecule has 14 heteroatoms. The molecule has 3 fully saturated rings. The van der Waals surface area contributed by atoms with Crippen LogP contribution in [0.15, 0.2) is 60.9 Å². The van der Waals surface area contributed by atoms with Crippen LogP contribution in [-0.2, 0) is 9.59 Å². The van der Waals surface area contributed by atoms with Gasteiger partial charge < -0.3 is 24.8 Å². The van der Waals surface area contributed by atoms with E-state index in [9.17, 15) is 23.2 Å². The van der Waals surface area contributed by atoms with Crippen LogP contribution < -0.4 is 20.3 Å². The van der Waals surface area contributed by atoms with E-state index in [1.54, 1.807) is 16.8 Å². The van der Waals surface area contributed by atoms with Gasteiger partial charge in [-0.15, -0.1) is 0 Å². The molecule has 5 heterocycles. The van der Waals surface area contributed by atoms with Gasteiger partial charge in [0.25, 0.3) is 11.8 Å². The van der Waals surface area contributed by atoms with Crippen molar-refractivity contribution in [3.63, 3.8) is 0 Å². The molecule has 3 saturated heterocycles. The highest BCUT2D eigenvalue weighted by Crippen LogP contribution is 2.37. The maximum atomic E-state index is 14.6. The molecule has 2 aromatic heterocycles. The van der Waals surface area contributed by atoms with Gasteiger partial charge in [0.15, 0.2) is 11.8 Å². The number of likely N-dealkylation sites (tertiary alicyclic amines) is 1. The van der Waals surface area contributed by atoms with Crippen LogP contribution in [0.4, 0.5) is 14.6 Å². The second-order valence-corrected chi connectivity index (χ2v) is 15.0. The van der Waals surface area contributed by atoms with Gasteiger partial charge in [-0.3, -0.25) is 19.7 Å². The van der Waals surface area contributed by atoms with Gasteiger partial charge in [0.1, 0.15) is 28.8 Å². The topological polar surface area (TPSA) is 124 Å². The van der Waals surface area contributed by atoms with Gasteiger partial charge in [-0.1, -0.05) is 18.6 Å². The Morgan fingerprint density at radius 1 is 0.982 bits per heavy atom. The standard InChI is InChI=1S/C41H50F2N8O4/c1-48(24-25-49-21-15-29(16-22-49)28-7-10-31(11-8-28)55-36-13-14-38(52)47-41(36)54)19-4-2-3-18-44-40(53)33-27-45-51-23-17-37(46-39(33)51)50-20-5-6-35(50)32-26-30(42)9-12-34(32)43/h7-12,17,23,26-27,29,35-36H,2-6,13-16,18-22,24-25H2,1H3,(H,44,53)(H,47,52,54)/t35-,36?/m1/s1. The summed E-state index contributed by atoms with van der Waals surface area (Å²) in [6.45, 7) is 6.36. The van der Waals surface area contributed by atoms with Gasteiger partial charge in [-0.05, 0) is 113 Å². The zero-order valence-corrected chi connectivity index (χ0v) is 31.4. The third-order valence-electron chi connectivity index (χ3n) is 11.2. The first-order valence-corrected chi connectivity index (χ1v) is 19.6. The first-order valence-electron chi connectivity index (χ1n) is 19.6. The third-order valence-corrected chi connectivity index (χ3v) is 11.2. The van der Waals surface area contributed by atoms with E-state index >= 15 is 0 Å². The van der Waals surface area contributed by atoms with E-state index in [0.717, 1.165) is 83.4 Å². The molecule has 7 rings (SSSR count). The summed E-state index contributed by atoms with van der Waals surface area (Å²) in [6, 6.07) is 13.1. The molecule has 2 aromatic carbocycles. The number of halogens is 2. The van der Waals surface area contributed by atoms with Crippen molar-refractivity contribution in [2.24, 2.45) is 0 Å². The smallest absolute Gasteiger partial charge is 0.267 e. The monoisotopic (exact) mass is 756 g/mol. The fourth-order valence-corrected chi connectivity index (χ4v) is 7.98. The SMILES string of the molecule is CN(CCCCCNC(=O)c1cnn2ccc(N3CCC[C@@H]3c3cc(F)ccc3F)nc12)CCN1CCC(c2ccc(OC3CCC(=O)NC3=O)cc2)CC1. The number of aromatic nitrogens is 3. The Morgan fingerprint density at radius 3 is 2.60 bits per heavy atom. The lowest BCUT2D eigenvalue weighted by atomic mass is 9.89. The summed E-state index contributed by atoms with van der Waals surface area (Å²) < 4.78 is 36.0. The van der Waals surface area contributed by atoms with Crippen LogP contribution in [0.25, 0.3) is 5.65 Å². The molecule has 2 atom stereocenters. The van der Waals surface area contributed by atoms with Gasteiger partial charge in [-0.25, -0.2) is 18.3 Å². The van der Waals surface area contributed by atoms with Crippen LogP contribution in [0, 0.1) is 11.6 Å². The van der Waals surface area contributed by atoms with Crippen LogP contribution in [0.3, 0.4) is 0 Å². The zero-order valence-electron chi connectivity index (χ0n) is 31.4. The van der Waals surface area contributed by atoms with E-state index in [2.05, 4.69) is 44.7 Å². The van der Waals surface area contributed by atoms with Crippen LogP contribution in [-0.4, -0.2) is 101 Å². The van der Waals surface area contributed by atoms with Crippen molar-refractivity contribution in [2.75, 3.05) is 57.8 Å². The van der Waals surface area contributed by atoms with Gasteiger partial charge in [-0.2, -0.15) is 5.10 Å².